The lowest BCUT2D eigenvalue weighted by Crippen LogP contribution is -2.33. The Hall–Kier alpha value is -2.46. The van der Waals surface area contributed by atoms with Crippen LogP contribution in [0.15, 0.2) is 61.2 Å². The van der Waals surface area contributed by atoms with Crippen LogP contribution in [0.5, 0.6) is 0 Å². The molecule has 24 heavy (non-hydrogen) atoms. The standard InChI is InChI=1S/C20H22N4/c1-3-16(11-18(4-1)17-6-8-21-9-7-17)14-24-10-2-5-19(15-24)20-12-22-23-13-20/h1,3-4,6-9,11-13,19H,2,5,10,14-15H2,(H,22,23)/t19-/m0/s1. The highest BCUT2D eigenvalue weighted by Crippen LogP contribution is 2.27. The maximum atomic E-state index is 4.10. The van der Waals surface area contributed by atoms with E-state index in [1.165, 1.54) is 41.6 Å². The van der Waals surface area contributed by atoms with Crippen LogP contribution in [0.2, 0.25) is 0 Å². The lowest BCUT2D eigenvalue weighted by Gasteiger charge is -2.32. The van der Waals surface area contributed by atoms with Crippen molar-refractivity contribution in [1.82, 2.24) is 20.1 Å². The van der Waals surface area contributed by atoms with Gasteiger partial charge in [0.05, 0.1) is 6.20 Å². The molecular formula is C20H22N4. The molecule has 1 saturated heterocycles. The molecule has 1 aromatic carbocycles. The Bertz CT molecular complexity index is 767. The molecular weight excluding hydrogens is 296 g/mol. The van der Waals surface area contributed by atoms with Crippen LogP contribution in [-0.2, 0) is 6.54 Å². The summed E-state index contributed by atoms with van der Waals surface area (Å²) in [7, 11) is 0. The predicted molar refractivity (Wildman–Crippen MR) is 95.5 cm³/mol. The first-order chi connectivity index (χ1) is 11.9. The van der Waals surface area contributed by atoms with Gasteiger partial charge in [-0.3, -0.25) is 15.0 Å². The molecule has 4 nitrogen and oxygen atoms in total. The van der Waals surface area contributed by atoms with Crippen LogP contribution in [0, 0.1) is 0 Å². The molecule has 1 fully saturated rings. The zero-order valence-electron chi connectivity index (χ0n) is 13.7. The van der Waals surface area contributed by atoms with Gasteiger partial charge in [-0.15, -0.1) is 0 Å². The van der Waals surface area contributed by atoms with E-state index >= 15 is 0 Å². The van der Waals surface area contributed by atoms with E-state index in [0.29, 0.717) is 5.92 Å². The molecule has 122 valence electrons. The van der Waals surface area contributed by atoms with Crippen LogP contribution in [0.3, 0.4) is 0 Å². The molecule has 4 rings (SSSR count). The molecule has 0 unspecified atom stereocenters. The van der Waals surface area contributed by atoms with Gasteiger partial charge in [0.15, 0.2) is 0 Å². The highest BCUT2D eigenvalue weighted by Gasteiger charge is 2.22. The van der Waals surface area contributed by atoms with Crippen molar-refractivity contribution in [3.63, 3.8) is 0 Å². The lowest BCUT2D eigenvalue weighted by atomic mass is 9.92. The number of nitrogens with one attached hydrogen (secondary N) is 1. The third kappa shape index (κ3) is 3.39. The number of H-pyrrole nitrogens is 1. The number of likely N-dealkylation sites (tertiary alicyclic amines) is 1. The van der Waals surface area contributed by atoms with Gasteiger partial charge in [0, 0.05) is 31.7 Å². The van der Waals surface area contributed by atoms with E-state index < -0.39 is 0 Å². The quantitative estimate of drug-likeness (QED) is 0.794. The van der Waals surface area contributed by atoms with E-state index in [1.54, 1.807) is 0 Å². The first-order valence-corrected chi connectivity index (χ1v) is 8.59. The van der Waals surface area contributed by atoms with Gasteiger partial charge in [0.25, 0.3) is 0 Å². The summed E-state index contributed by atoms with van der Waals surface area (Å²) in [4.78, 5) is 6.67. The summed E-state index contributed by atoms with van der Waals surface area (Å²) in [6, 6.07) is 13.0. The zero-order valence-corrected chi connectivity index (χ0v) is 13.7. The van der Waals surface area contributed by atoms with E-state index in [2.05, 4.69) is 56.5 Å². The van der Waals surface area contributed by atoms with Crippen molar-refractivity contribution < 1.29 is 0 Å². The number of pyridine rings is 1. The highest BCUT2D eigenvalue weighted by molar-refractivity contribution is 5.63. The summed E-state index contributed by atoms with van der Waals surface area (Å²) < 4.78 is 0. The van der Waals surface area contributed by atoms with Gasteiger partial charge >= 0.3 is 0 Å². The first-order valence-electron chi connectivity index (χ1n) is 8.59. The second-order valence-electron chi connectivity index (χ2n) is 6.54. The van der Waals surface area contributed by atoms with E-state index in [9.17, 15) is 0 Å². The molecule has 1 N–H and O–H groups in total. The SMILES string of the molecule is c1cc(CN2CCC[C@H](c3cn[nH]c3)C2)cc(-c2ccncc2)c1. The van der Waals surface area contributed by atoms with Gasteiger partial charge in [-0.2, -0.15) is 5.10 Å². The second kappa shape index (κ2) is 6.97. The van der Waals surface area contributed by atoms with E-state index in [0.717, 1.165) is 13.1 Å². The molecule has 2 aromatic heterocycles. The van der Waals surface area contributed by atoms with Crippen LogP contribution in [0.1, 0.15) is 29.9 Å². The molecule has 3 aromatic rings. The van der Waals surface area contributed by atoms with Gasteiger partial charge < -0.3 is 0 Å². The van der Waals surface area contributed by atoms with E-state index in [1.807, 2.05) is 24.8 Å². The molecule has 0 aliphatic carbocycles. The molecule has 4 heteroatoms. The molecule has 0 saturated carbocycles. The van der Waals surface area contributed by atoms with Gasteiger partial charge in [0.1, 0.15) is 0 Å². The van der Waals surface area contributed by atoms with Gasteiger partial charge in [-0.1, -0.05) is 18.2 Å². The van der Waals surface area contributed by atoms with Crippen molar-refractivity contribution >= 4 is 0 Å². The van der Waals surface area contributed by atoms with Gasteiger partial charge in [-0.25, -0.2) is 0 Å². The fraction of sp³-hybridized carbons (Fsp3) is 0.300. The molecule has 1 aliphatic heterocycles. The minimum atomic E-state index is 0.598. The fourth-order valence-electron chi connectivity index (χ4n) is 3.61. The number of aromatic nitrogens is 3. The molecule has 0 spiro atoms. The normalized spacial score (nSPS) is 18.6. The topological polar surface area (TPSA) is 44.8 Å². The lowest BCUT2D eigenvalue weighted by molar-refractivity contribution is 0.200. The summed E-state index contributed by atoms with van der Waals surface area (Å²) in [6.45, 7) is 3.29. The summed E-state index contributed by atoms with van der Waals surface area (Å²) in [5.74, 6) is 0.598. The third-order valence-electron chi connectivity index (χ3n) is 4.84. The van der Waals surface area contributed by atoms with E-state index in [4.69, 9.17) is 0 Å². The first kappa shape index (κ1) is 15.1. The predicted octanol–water partition coefficient (Wildman–Crippen LogP) is 3.85. The molecule has 1 aliphatic rings. The molecule has 0 amide bonds. The van der Waals surface area contributed by atoms with Gasteiger partial charge in [-0.05, 0) is 65.8 Å². The number of piperidine rings is 1. The molecule has 1 atom stereocenters. The average molecular weight is 318 g/mol. The minimum Gasteiger partial charge on any atom is -0.298 e. The Morgan fingerprint density at radius 1 is 1.12 bits per heavy atom. The summed E-state index contributed by atoms with van der Waals surface area (Å²) in [6.07, 6.45) is 10.2. The Balaban J connectivity index is 1.47. The zero-order chi connectivity index (χ0) is 16.2. The Labute approximate surface area is 142 Å². The minimum absolute atomic E-state index is 0.598. The monoisotopic (exact) mass is 318 g/mol. The number of hydrogen-bond acceptors (Lipinski definition) is 3. The van der Waals surface area contributed by atoms with Crippen LogP contribution in [0.4, 0.5) is 0 Å². The number of rotatable bonds is 4. The number of benzene rings is 1. The smallest absolute Gasteiger partial charge is 0.0522 e. The summed E-state index contributed by atoms with van der Waals surface area (Å²) in [5.41, 5.74) is 5.20. The number of hydrogen-bond donors (Lipinski definition) is 1. The number of nitrogens with zero attached hydrogens (tertiary/aromatic N) is 3. The summed E-state index contributed by atoms with van der Waals surface area (Å²) in [5, 5.41) is 7.05. The second-order valence-corrected chi connectivity index (χ2v) is 6.54. The van der Waals surface area contributed by atoms with Gasteiger partial charge in [0.2, 0.25) is 0 Å². The largest absolute Gasteiger partial charge is 0.298 e. The van der Waals surface area contributed by atoms with Crippen molar-refractivity contribution in [2.24, 2.45) is 0 Å². The summed E-state index contributed by atoms with van der Waals surface area (Å²) >= 11 is 0. The Morgan fingerprint density at radius 2 is 2.04 bits per heavy atom. The van der Waals surface area contributed by atoms with Crippen LogP contribution in [0.25, 0.3) is 11.1 Å². The van der Waals surface area contributed by atoms with Crippen molar-refractivity contribution in [2.45, 2.75) is 25.3 Å². The Morgan fingerprint density at radius 3 is 2.88 bits per heavy atom. The fourth-order valence-corrected chi connectivity index (χ4v) is 3.61. The van der Waals surface area contributed by atoms with Crippen molar-refractivity contribution in [3.8, 4) is 11.1 Å². The van der Waals surface area contributed by atoms with Crippen molar-refractivity contribution in [2.75, 3.05) is 13.1 Å². The Kier molecular flexibility index (Phi) is 4.38. The molecule has 0 bridgehead atoms. The van der Waals surface area contributed by atoms with Crippen LogP contribution in [-0.4, -0.2) is 33.2 Å². The number of aromatic amines is 1. The maximum absolute atomic E-state index is 4.10. The van der Waals surface area contributed by atoms with Crippen LogP contribution >= 0.6 is 0 Å². The molecule has 3 heterocycles. The average Bonchev–Trinajstić information content (AvgIpc) is 3.18. The third-order valence-corrected chi connectivity index (χ3v) is 4.84. The molecule has 0 radical (unpaired) electrons. The maximum Gasteiger partial charge on any atom is 0.0522 e. The van der Waals surface area contributed by atoms with E-state index in [-0.39, 0.29) is 0 Å². The van der Waals surface area contributed by atoms with Crippen molar-refractivity contribution in [3.05, 3.63) is 72.3 Å². The highest BCUT2D eigenvalue weighted by atomic mass is 15.1. The van der Waals surface area contributed by atoms with Crippen LogP contribution < -0.4 is 0 Å². The van der Waals surface area contributed by atoms with Crippen molar-refractivity contribution in [1.29, 1.82) is 0 Å².